The van der Waals surface area contributed by atoms with Crippen molar-refractivity contribution in [2.24, 2.45) is 5.92 Å². The number of nitrogens with one attached hydrogen (secondary N) is 1. The van der Waals surface area contributed by atoms with Gasteiger partial charge in [0.05, 0.1) is 36.5 Å². The van der Waals surface area contributed by atoms with Gasteiger partial charge in [-0.05, 0) is 38.5 Å². The van der Waals surface area contributed by atoms with Gasteiger partial charge in [0, 0.05) is 13.8 Å². The van der Waals surface area contributed by atoms with Crippen LogP contribution in [0.25, 0.3) is 4.85 Å². The van der Waals surface area contributed by atoms with Crippen LogP contribution < -0.4 is 10.1 Å². The van der Waals surface area contributed by atoms with Gasteiger partial charge in [0.1, 0.15) is 0 Å². The van der Waals surface area contributed by atoms with Crippen molar-refractivity contribution < 1.29 is 14.2 Å². The third-order valence-corrected chi connectivity index (χ3v) is 5.03. The van der Waals surface area contributed by atoms with Gasteiger partial charge in [-0.15, -0.1) is 0 Å². The zero-order chi connectivity index (χ0) is 20.3. The molecule has 150 valence electrons. The predicted molar refractivity (Wildman–Crippen MR) is 102 cm³/mol. The molecule has 0 amide bonds. The van der Waals surface area contributed by atoms with Gasteiger partial charge >= 0.3 is 5.66 Å². The Balaban J connectivity index is 1.69. The number of aromatic nitrogens is 4. The largest absolute Gasteiger partial charge is 0.475 e. The average Bonchev–Trinajstić information content (AvgIpc) is 3.04. The van der Waals surface area contributed by atoms with Crippen LogP contribution in [0.5, 0.6) is 5.88 Å². The van der Waals surface area contributed by atoms with E-state index in [9.17, 15) is 9.50 Å². The number of aliphatic hydroxyl groups is 1. The van der Waals surface area contributed by atoms with Crippen molar-refractivity contribution in [3.05, 3.63) is 35.3 Å². The number of rotatable bonds is 6. The summed E-state index contributed by atoms with van der Waals surface area (Å²) in [6, 6.07) is 0. The van der Waals surface area contributed by atoms with Crippen LogP contribution in [0, 0.1) is 25.2 Å². The Morgan fingerprint density at radius 3 is 2.75 bits per heavy atom. The Hall–Kier alpha value is -2.73. The lowest BCUT2D eigenvalue weighted by molar-refractivity contribution is 0.0899. The number of halogens is 1. The fourth-order valence-corrected chi connectivity index (χ4v) is 3.27. The molecule has 0 atom stereocenters. The highest BCUT2D eigenvalue weighted by atomic mass is 19.1. The summed E-state index contributed by atoms with van der Waals surface area (Å²) in [5.74, 6) is -0.248. The number of hydrogen-bond donors (Lipinski definition) is 2. The summed E-state index contributed by atoms with van der Waals surface area (Å²) in [4.78, 5) is 11.7. The number of anilines is 2. The van der Waals surface area contributed by atoms with E-state index in [1.807, 2.05) is 6.92 Å². The highest BCUT2D eigenvalue weighted by Crippen LogP contribution is 2.27. The lowest BCUT2D eigenvalue weighted by Gasteiger charge is -2.25. The molecule has 0 unspecified atom stereocenters. The van der Waals surface area contributed by atoms with Crippen molar-refractivity contribution in [1.82, 2.24) is 19.7 Å². The molecule has 0 aromatic carbocycles. The number of nitrogens with zero attached hydrogens (tertiary/aromatic N) is 5. The lowest BCUT2D eigenvalue weighted by Crippen LogP contribution is -2.24. The maximum atomic E-state index is 14.0. The van der Waals surface area contributed by atoms with Gasteiger partial charge in [0.25, 0.3) is 5.88 Å². The van der Waals surface area contributed by atoms with Crippen LogP contribution in [-0.4, -0.2) is 37.6 Å². The maximum absolute atomic E-state index is 14.0. The normalized spacial score (nSPS) is 19.9. The van der Waals surface area contributed by atoms with E-state index in [0.717, 1.165) is 37.6 Å². The van der Waals surface area contributed by atoms with E-state index in [0.29, 0.717) is 12.3 Å². The number of aliphatic hydroxyl groups excluding tert-OH is 1. The molecule has 8 nitrogen and oxygen atoms in total. The van der Waals surface area contributed by atoms with Crippen molar-refractivity contribution in [1.29, 1.82) is 0 Å². The van der Waals surface area contributed by atoms with E-state index in [1.165, 1.54) is 0 Å². The van der Waals surface area contributed by atoms with Crippen LogP contribution in [0.4, 0.5) is 16.0 Å². The molecule has 0 saturated heterocycles. The Kier molecular flexibility index (Phi) is 5.79. The van der Waals surface area contributed by atoms with Gasteiger partial charge in [0.15, 0.2) is 0 Å². The first-order valence-corrected chi connectivity index (χ1v) is 9.34. The molecule has 0 aliphatic heterocycles. The second-order valence-corrected chi connectivity index (χ2v) is 7.62. The van der Waals surface area contributed by atoms with Gasteiger partial charge in [-0.2, -0.15) is 19.2 Å². The summed E-state index contributed by atoms with van der Waals surface area (Å²) in [5.41, 5.74) is 0.572. The van der Waals surface area contributed by atoms with E-state index in [-0.39, 0.29) is 23.9 Å². The van der Waals surface area contributed by atoms with Crippen molar-refractivity contribution in [3.8, 4) is 5.88 Å². The van der Waals surface area contributed by atoms with Crippen LogP contribution in [0.15, 0.2) is 12.4 Å². The average molecular weight is 388 g/mol. The molecule has 2 aromatic heterocycles. The standard InChI is InChI=1S/C19H25FN6O2/c1-12-16(10-23-26(12)19(2,3)21-4)24-18-22-9-15(20)17(25-18)28-11-13-5-7-14(27)8-6-13/h9-10,13-14,27H,5-8,11H2,1-3H3,(H,22,24,25). The summed E-state index contributed by atoms with van der Waals surface area (Å²) in [5, 5.41) is 16.8. The first kappa shape index (κ1) is 20.0. The molecule has 1 saturated carbocycles. The quantitative estimate of drug-likeness (QED) is 0.737. The highest BCUT2D eigenvalue weighted by molar-refractivity contribution is 5.55. The highest BCUT2D eigenvalue weighted by Gasteiger charge is 2.29. The van der Waals surface area contributed by atoms with Crippen LogP contribution >= 0.6 is 0 Å². The van der Waals surface area contributed by atoms with Crippen molar-refractivity contribution >= 4 is 11.6 Å². The first-order chi connectivity index (χ1) is 13.3. The SMILES string of the molecule is [C-]#[N+]C(C)(C)n1ncc(Nc2ncc(F)c(OCC3CCC(O)CC3)n2)c1C. The van der Waals surface area contributed by atoms with Gasteiger partial charge in [0.2, 0.25) is 11.8 Å². The van der Waals surface area contributed by atoms with Crippen LogP contribution in [0.2, 0.25) is 0 Å². The van der Waals surface area contributed by atoms with Crippen molar-refractivity contribution in [2.45, 2.75) is 58.2 Å². The maximum Gasteiger partial charge on any atom is 0.320 e. The van der Waals surface area contributed by atoms with E-state index in [4.69, 9.17) is 11.3 Å². The second kappa shape index (κ2) is 8.10. The molecule has 3 rings (SSSR count). The number of ether oxygens (including phenoxy) is 1. The van der Waals surface area contributed by atoms with Crippen LogP contribution in [0.1, 0.15) is 45.2 Å². The number of hydrogen-bond acceptors (Lipinski definition) is 6. The smallest absolute Gasteiger partial charge is 0.320 e. The molecule has 2 aromatic rings. The van der Waals surface area contributed by atoms with Crippen molar-refractivity contribution in [2.75, 3.05) is 11.9 Å². The minimum absolute atomic E-state index is 0.102. The third-order valence-electron chi connectivity index (χ3n) is 5.03. The van der Waals surface area contributed by atoms with E-state index >= 15 is 0 Å². The minimum Gasteiger partial charge on any atom is -0.475 e. The molecule has 9 heteroatoms. The van der Waals surface area contributed by atoms with Crippen LogP contribution in [0.3, 0.4) is 0 Å². The van der Waals surface area contributed by atoms with Gasteiger partial charge in [-0.1, -0.05) is 0 Å². The van der Waals surface area contributed by atoms with E-state index < -0.39 is 11.5 Å². The monoisotopic (exact) mass is 388 g/mol. The van der Waals surface area contributed by atoms with E-state index in [2.05, 4.69) is 25.2 Å². The lowest BCUT2D eigenvalue weighted by atomic mass is 9.88. The fourth-order valence-electron chi connectivity index (χ4n) is 3.27. The molecule has 1 aliphatic rings. The summed E-state index contributed by atoms with van der Waals surface area (Å²) in [6.07, 6.45) is 5.62. The first-order valence-electron chi connectivity index (χ1n) is 9.34. The Labute approximate surface area is 163 Å². The van der Waals surface area contributed by atoms with Gasteiger partial charge in [-0.25, -0.2) is 11.6 Å². The third kappa shape index (κ3) is 4.39. The molecule has 0 spiro atoms. The molecular formula is C19H25FN6O2. The topological polar surface area (TPSA) is 89.5 Å². The van der Waals surface area contributed by atoms with E-state index in [1.54, 1.807) is 24.7 Å². The van der Waals surface area contributed by atoms with Crippen LogP contribution in [-0.2, 0) is 5.66 Å². The molecule has 28 heavy (non-hydrogen) atoms. The Morgan fingerprint density at radius 2 is 2.07 bits per heavy atom. The summed E-state index contributed by atoms with van der Waals surface area (Å²) in [7, 11) is 0. The fraction of sp³-hybridized carbons (Fsp3) is 0.579. The molecule has 1 aliphatic carbocycles. The zero-order valence-corrected chi connectivity index (χ0v) is 16.3. The Bertz CT molecular complexity index is 868. The van der Waals surface area contributed by atoms with Gasteiger partial charge < -0.3 is 15.2 Å². The predicted octanol–water partition coefficient (Wildman–Crippen LogP) is 3.41. The molecule has 0 radical (unpaired) electrons. The molecule has 0 bridgehead atoms. The molecule has 2 heterocycles. The van der Waals surface area contributed by atoms with Crippen molar-refractivity contribution in [3.63, 3.8) is 0 Å². The second-order valence-electron chi connectivity index (χ2n) is 7.62. The zero-order valence-electron chi connectivity index (χ0n) is 16.3. The minimum atomic E-state index is -0.810. The van der Waals surface area contributed by atoms with Gasteiger partial charge in [-0.3, -0.25) is 4.85 Å². The summed E-state index contributed by atoms with van der Waals surface area (Å²) in [6.45, 7) is 13.0. The molecule has 1 fully saturated rings. The molecular weight excluding hydrogens is 363 g/mol. The summed E-state index contributed by atoms with van der Waals surface area (Å²) < 4.78 is 21.2. The Morgan fingerprint density at radius 1 is 1.36 bits per heavy atom. The molecule has 2 N–H and O–H groups in total. The summed E-state index contributed by atoms with van der Waals surface area (Å²) >= 11 is 0.